The number of fused-ring (bicyclic) bond motifs is 1. The van der Waals surface area contributed by atoms with Crippen molar-refractivity contribution in [3.05, 3.63) is 22.5 Å². The zero-order valence-corrected chi connectivity index (χ0v) is 17.0. The molecule has 2 heterocycles. The molecule has 1 N–H and O–H groups in total. The molecule has 0 spiro atoms. The van der Waals surface area contributed by atoms with E-state index in [4.69, 9.17) is 9.47 Å². The summed E-state index contributed by atoms with van der Waals surface area (Å²) >= 11 is 0. The number of hydrogen-bond donors (Lipinski definition) is 1. The molecule has 2 fully saturated rings. The minimum Gasteiger partial charge on any atom is -0.462 e. The van der Waals surface area contributed by atoms with E-state index in [1.807, 2.05) is 4.90 Å². The number of hydrogen-bond acceptors (Lipinski definition) is 5. The molecular weight excluding hydrogens is 360 g/mol. The predicted octanol–water partition coefficient (Wildman–Crippen LogP) is 3.15. The highest BCUT2D eigenvalue weighted by atomic mass is 16.5. The summed E-state index contributed by atoms with van der Waals surface area (Å²) in [5.74, 6) is -0.638. The first kappa shape index (κ1) is 20.4. The van der Waals surface area contributed by atoms with Crippen molar-refractivity contribution in [2.45, 2.75) is 65.3 Å². The highest BCUT2D eigenvalue weighted by molar-refractivity contribution is 5.99. The SMILES string of the molecule is CCOC(=O)c1c(C)[nH]c(C(=O)OCC(=O)N2CCC[C@H]3CCCC[C@H]32)c1C. The summed E-state index contributed by atoms with van der Waals surface area (Å²) in [6.07, 6.45) is 6.83. The number of aryl methyl sites for hydroxylation is 1. The van der Waals surface area contributed by atoms with E-state index in [1.54, 1.807) is 20.8 Å². The number of rotatable bonds is 5. The van der Waals surface area contributed by atoms with Gasteiger partial charge in [-0.05, 0) is 57.9 Å². The van der Waals surface area contributed by atoms with E-state index in [1.165, 1.54) is 19.3 Å². The average molecular weight is 390 g/mol. The largest absolute Gasteiger partial charge is 0.462 e. The van der Waals surface area contributed by atoms with Gasteiger partial charge in [-0.25, -0.2) is 9.59 Å². The quantitative estimate of drug-likeness (QED) is 0.780. The number of ether oxygens (including phenoxy) is 2. The highest BCUT2D eigenvalue weighted by Gasteiger charge is 2.36. The number of nitrogens with zero attached hydrogens (tertiary/aromatic N) is 1. The third kappa shape index (κ3) is 4.08. The van der Waals surface area contributed by atoms with E-state index in [2.05, 4.69) is 4.98 Å². The Bertz CT molecular complexity index is 752. The summed E-state index contributed by atoms with van der Waals surface area (Å²) in [7, 11) is 0. The van der Waals surface area contributed by atoms with E-state index < -0.39 is 11.9 Å². The lowest BCUT2D eigenvalue weighted by molar-refractivity contribution is -0.140. The third-order valence-corrected chi connectivity index (χ3v) is 6.01. The van der Waals surface area contributed by atoms with E-state index in [9.17, 15) is 14.4 Å². The van der Waals surface area contributed by atoms with Gasteiger partial charge in [-0.3, -0.25) is 4.79 Å². The monoisotopic (exact) mass is 390 g/mol. The second kappa shape index (κ2) is 8.80. The van der Waals surface area contributed by atoms with Gasteiger partial charge in [0.1, 0.15) is 5.69 Å². The van der Waals surface area contributed by atoms with Gasteiger partial charge in [-0.1, -0.05) is 12.8 Å². The molecule has 3 rings (SSSR count). The average Bonchev–Trinajstić information content (AvgIpc) is 2.99. The first-order valence-corrected chi connectivity index (χ1v) is 10.3. The Morgan fingerprint density at radius 3 is 2.50 bits per heavy atom. The molecule has 28 heavy (non-hydrogen) atoms. The van der Waals surface area contributed by atoms with Crippen LogP contribution in [0.5, 0.6) is 0 Å². The van der Waals surface area contributed by atoms with Gasteiger partial charge in [0.25, 0.3) is 5.91 Å². The lowest BCUT2D eigenvalue weighted by Crippen LogP contribution is -2.50. The standard InChI is InChI=1S/C21H30N2O5/c1-4-27-20(25)18-13(2)19(22-14(18)3)21(26)28-12-17(24)23-11-7-9-15-8-5-6-10-16(15)23/h15-16,22H,4-12H2,1-3H3/t15-,16-/m1/s1. The molecule has 1 aromatic rings. The summed E-state index contributed by atoms with van der Waals surface area (Å²) in [6.45, 7) is 5.84. The lowest BCUT2D eigenvalue weighted by Gasteiger charge is -2.44. The van der Waals surface area contributed by atoms with Crippen molar-refractivity contribution in [3.63, 3.8) is 0 Å². The molecule has 7 nitrogen and oxygen atoms in total. The Morgan fingerprint density at radius 2 is 1.75 bits per heavy atom. The molecule has 7 heteroatoms. The van der Waals surface area contributed by atoms with Crippen LogP contribution in [0.1, 0.15) is 77.6 Å². The van der Waals surface area contributed by atoms with Crippen LogP contribution < -0.4 is 0 Å². The molecule has 0 bridgehead atoms. The van der Waals surface area contributed by atoms with Crippen LogP contribution in [0, 0.1) is 19.8 Å². The van der Waals surface area contributed by atoms with Crippen molar-refractivity contribution in [2.75, 3.05) is 19.8 Å². The number of carbonyl (C=O) groups excluding carboxylic acids is 3. The van der Waals surface area contributed by atoms with Gasteiger partial charge in [0, 0.05) is 18.3 Å². The van der Waals surface area contributed by atoms with Gasteiger partial charge >= 0.3 is 11.9 Å². The number of aromatic nitrogens is 1. The Balaban J connectivity index is 1.63. The normalized spacial score (nSPS) is 21.8. The summed E-state index contributed by atoms with van der Waals surface area (Å²) in [4.78, 5) is 42.1. The van der Waals surface area contributed by atoms with E-state index in [0.29, 0.717) is 28.8 Å². The van der Waals surface area contributed by atoms with Crippen molar-refractivity contribution in [1.29, 1.82) is 0 Å². The summed E-state index contributed by atoms with van der Waals surface area (Å²) in [5, 5.41) is 0. The van der Waals surface area contributed by atoms with Gasteiger partial charge in [0.2, 0.25) is 0 Å². The summed E-state index contributed by atoms with van der Waals surface area (Å²) < 4.78 is 10.3. The molecule has 1 aliphatic carbocycles. The summed E-state index contributed by atoms with van der Waals surface area (Å²) in [5.41, 5.74) is 1.58. The van der Waals surface area contributed by atoms with Crippen LogP contribution in [0.25, 0.3) is 0 Å². The van der Waals surface area contributed by atoms with Crippen LogP contribution in [-0.2, 0) is 14.3 Å². The second-order valence-electron chi connectivity index (χ2n) is 7.76. The first-order valence-electron chi connectivity index (χ1n) is 10.3. The molecule has 1 aromatic heterocycles. The maximum absolute atomic E-state index is 12.7. The first-order chi connectivity index (χ1) is 13.4. The van der Waals surface area contributed by atoms with Crippen LogP contribution in [0.15, 0.2) is 0 Å². The topological polar surface area (TPSA) is 88.7 Å². The maximum atomic E-state index is 12.7. The van der Waals surface area contributed by atoms with Crippen molar-refractivity contribution in [2.24, 2.45) is 5.92 Å². The Labute approximate surface area is 165 Å². The maximum Gasteiger partial charge on any atom is 0.355 e. The number of H-pyrrole nitrogens is 1. The molecule has 0 aromatic carbocycles. The van der Waals surface area contributed by atoms with Crippen molar-refractivity contribution in [3.8, 4) is 0 Å². The van der Waals surface area contributed by atoms with Crippen molar-refractivity contribution >= 4 is 17.8 Å². The minimum atomic E-state index is -0.623. The Morgan fingerprint density at radius 1 is 1.04 bits per heavy atom. The van der Waals surface area contributed by atoms with Gasteiger partial charge in [0.05, 0.1) is 12.2 Å². The molecule has 0 radical (unpaired) electrons. The zero-order valence-electron chi connectivity index (χ0n) is 17.0. The Hall–Kier alpha value is -2.31. The zero-order chi connectivity index (χ0) is 20.3. The number of esters is 2. The van der Waals surface area contributed by atoms with E-state index >= 15 is 0 Å². The van der Waals surface area contributed by atoms with Crippen LogP contribution in [0.4, 0.5) is 0 Å². The fourth-order valence-electron chi connectivity index (χ4n) is 4.68. The highest BCUT2D eigenvalue weighted by Crippen LogP contribution is 2.35. The second-order valence-corrected chi connectivity index (χ2v) is 7.76. The molecule has 1 saturated carbocycles. The molecule has 1 saturated heterocycles. The van der Waals surface area contributed by atoms with Crippen LogP contribution in [0.3, 0.4) is 0 Å². The predicted molar refractivity (Wildman–Crippen MR) is 103 cm³/mol. The number of piperidine rings is 1. The smallest absolute Gasteiger partial charge is 0.355 e. The van der Waals surface area contributed by atoms with Gasteiger partial charge in [0.15, 0.2) is 6.61 Å². The number of aromatic amines is 1. The third-order valence-electron chi connectivity index (χ3n) is 6.01. The number of nitrogens with one attached hydrogen (secondary N) is 1. The van der Waals surface area contributed by atoms with Crippen molar-refractivity contribution in [1.82, 2.24) is 9.88 Å². The van der Waals surface area contributed by atoms with Crippen molar-refractivity contribution < 1.29 is 23.9 Å². The van der Waals surface area contributed by atoms with E-state index in [0.717, 1.165) is 25.8 Å². The number of carbonyl (C=O) groups is 3. The molecule has 2 atom stereocenters. The number of likely N-dealkylation sites (tertiary alicyclic amines) is 1. The molecular formula is C21H30N2O5. The minimum absolute atomic E-state index is 0.128. The fourth-order valence-corrected chi connectivity index (χ4v) is 4.68. The van der Waals surface area contributed by atoms with Gasteiger partial charge < -0.3 is 19.4 Å². The van der Waals surface area contributed by atoms with Crippen LogP contribution in [0.2, 0.25) is 0 Å². The molecule has 2 aliphatic rings. The van der Waals surface area contributed by atoms with Gasteiger partial charge in [-0.15, -0.1) is 0 Å². The lowest BCUT2D eigenvalue weighted by atomic mass is 9.78. The molecule has 0 unspecified atom stereocenters. The van der Waals surface area contributed by atoms with E-state index in [-0.39, 0.29) is 24.8 Å². The van der Waals surface area contributed by atoms with Crippen LogP contribution >= 0.6 is 0 Å². The van der Waals surface area contributed by atoms with Crippen LogP contribution in [-0.4, -0.2) is 53.5 Å². The fraction of sp³-hybridized carbons (Fsp3) is 0.667. The summed E-state index contributed by atoms with van der Waals surface area (Å²) in [6, 6.07) is 0.290. The molecule has 1 aliphatic heterocycles. The Kier molecular flexibility index (Phi) is 6.42. The number of amides is 1. The van der Waals surface area contributed by atoms with Gasteiger partial charge in [-0.2, -0.15) is 0 Å². The molecule has 1 amide bonds. The molecule has 154 valence electrons.